The maximum atomic E-state index is 6.23. The molecule has 0 radical (unpaired) electrons. The number of likely N-dealkylation sites (N-methyl/N-ethyl adjacent to an activating group) is 2. The summed E-state index contributed by atoms with van der Waals surface area (Å²) in [5, 5.41) is 12.2. The average Bonchev–Trinajstić information content (AvgIpc) is 3.16. The van der Waals surface area contributed by atoms with Gasteiger partial charge in [0.2, 0.25) is 0 Å². The third kappa shape index (κ3) is 3.78. The van der Waals surface area contributed by atoms with Gasteiger partial charge in [0.25, 0.3) is 0 Å². The van der Waals surface area contributed by atoms with Crippen LogP contribution in [0.3, 0.4) is 0 Å². The number of para-hydroxylation sites is 3. The van der Waals surface area contributed by atoms with Crippen LogP contribution in [0, 0.1) is 0 Å². The van der Waals surface area contributed by atoms with E-state index in [1.165, 1.54) is 5.69 Å². The molecular weight excluding hydrogens is 340 g/mol. The molecule has 1 aliphatic heterocycles. The summed E-state index contributed by atoms with van der Waals surface area (Å²) in [4.78, 5) is 4.57. The Bertz CT molecular complexity index is 881. The highest BCUT2D eigenvalue weighted by Gasteiger charge is 2.26. The highest BCUT2D eigenvalue weighted by molar-refractivity contribution is 5.60. The largest absolute Gasteiger partial charge is 0.485 e. The van der Waals surface area contributed by atoms with E-state index in [9.17, 15) is 0 Å². The van der Waals surface area contributed by atoms with Gasteiger partial charge in [-0.25, -0.2) is 0 Å². The maximum Gasteiger partial charge on any atom is 0.170 e. The van der Waals surface area contributed by atoms with E-state index in [1.54, 1.807) is 4.68 Å². The number of ether oxygens (including phenoxy) is 1. The summed E-state index contributed by atoms with van der Waals surface area (Å²) in [5.41, 5.74) is 2.14. The number of hydrogen-bond donors (Lipinski definition) is 0. The van der Waals surface area contributed by atoms with Gasteiger partial charge in [-0.05, 0) is 48.7 Å². The lowest BCUT2D eigenvalue weighted by atomic mass is 10.2. The van der Waals surface area contributed by atoms with Crippen molar-refractivity contribution >= 4 is 5.69 Å². The topological polar surface area (TPSA) is 59.3 Å². The number of fused-ring (bicyclic) bond motifs is 1. The molecule has 27 heavy (non-hydrogen) atoms. The first-order valence-electron chi connectivity index (χ1n) is 9.26. The third-order valence-electron chi connectivity index (χ3n) is 4.77. The maximum absolute atomic E-state index is 6.23. The minimum Gasteiger partial charge on any atom is -0.485 e. The van der Waals surface area contributed by atoms with E-state index in [1.807, 2.05) is 42.5 Å². The molecule has 140 valence electrons. The standard InChI is InChI=1S/C20H24N6O/c1-3-25-14-17(27-19-12-8-7-11-18(19)25)13-24(2)15-20-21-22-23-26(20)16-9-5-4-6-10-16/h4-12,17H,3,13-15H2,1-2H3/t17-/m1/s1. The van der Waals surface area contributed by atoms with Crippen molar-refractivity contribution < 1.29 is 4.74 Å². The van der Waals surface area contributed by atoms with E-state index in [0.717, 1.165) is 36.9 Å². The minimum atomic E-state index is 0.103. The van der Waals surface area contributed by atoms with Crippen molar-refractivity contribution in [3.8, 4) is 11.4 Å². The van der Waals surface area contributed by atoms with Gasteiger partial charge >= 0.3 is 0 Å². The Morgan fingerprint density at radius 1 is 1.11 bits per heavy atom. The number of aromatic nitrogens is 4. The van der Waals surface area contributed by atoms with E-state index in [0.29, 0.717) is 6.54 Å². The molecule has 0 bridgehead atoms. The average molecular weight is 364 g/mol. The summed E-state index contributed by atoms with van der Waals surface area (Å²) in [5.74, 6) is 1.77. The fourth-order valence-corrected chi connectivity index (χ4v) is 3.50. The van der Waals surface area contributed by atoms with Crippen LogP contribution in [-0.2, 0) is 6.54 Å². The number of benzene rings is 2. The second kappa shape index (κ2) is 7.75. The molecule has 1 atom stereocenters. The van der Waals surface area contributed by atoms with Crippen LogP contribution in [0.15, 0.2) is 54.6 Å². The smallest absolute Gasteiger partial charge is 0.170 e. The van der Waals surface area contributed by atoms with Crippen molar-refractivity contribution in [2.24, 2.45) is 0 Å². The van der Waals surface area contributed by atoms with Crippen molar-refractivity contribution in [1.29, 1.82) is 0 Å². The monoisotopic (exact) mass is 364 g/mol. The van der Waals surface area contributed by atoms with Gasteiger partial charge in [-0.3, -0.25) is 4.90 Å². The van der Waals surface area contributed by atoms with Crippen LogP contribution in [0.25, 0.3) is 5.69 Å². The van der Waals surface area contributed by atoms with Crippen molar-refractivity contribution in [1.82, 2.24) is 25.1 Å². The molecule has 1 aliphatic rings. The van der Waals surface area contributed by atoms with Crippen LogP contribution in [0.4, 0.5) is 5.69 Å². The van der Waals surface area contributed by atoms with Crippen LogP contribution in [-0.4, -0.2) is 57.9 Å². The lowest BCUT2D eigenvalue weighted by Gasteiger charge is -2.37. The Morgan fingerprint density at radius 2 is 1.89 bits per heavy atom. The fraction of sp³-hybridized carbons (Fsp3) is 0.350. The van der Waals surface area contributed by atoms with Crippen LogP contribution < -0.4 is 9.64 Å². The molecule has 0 N–H and O–H groups in total. The van der Waals surface area contributed by atoms with E-state index in [-0.39, 0.29) is 6.10 Å². The number of hydrogen-bond acceptors (Lipinski definition) is 6. The Kier molecular flexibility index (Phi) is 5.02. The molecular formula is C20H24N6O. The first-order valence-corrected chi connectivity index (χ1v) is 9.26. The molecule has 0 saturated heterocycles. The highest BCUT2D eigenvalue weighted by atomic mass is 16.5. The molecule has 7 nitrogen and oxygen atoms in total. The summed E-state index contributed by atoms with van der Waals surface area (Å²) in [6.07, 6.45) is 0.103. The van der Waals surface area contributed by atoms with E-state index in [2.05, 4.69) is 51.4 Å². The molecule has 0 saturated carbocycles. The summed E-state index contributed by atoms with van der Waals surface area (Å²) in [7, 11) is 2.07. The Morgan fingerprint density at radius 3 is 2.70 bits per heavy atom. The molecule has 0 aliphatic carbocycles. The van der Waals surface area contributed by atoms with Gasteiger partial charge in [0.05, 0.1) is 24.5 Å². The lowest BCUT2D eigenvalue weighted by Crippen LogP contribution is -2.45. The predicted octanol–water partition coefficient (Wildman–Crippen LogP) is 2.38. The van der Waals surface area contributed by atoms with Crippen LogP contribution >= 0.6 is 0 Å². The first-order chi connectivity index (χ1) is 13.2. The van der Waals surface area contributed by atoms with Gasteiger partial charge in [-0.15, -0.1) is 5.10 Å². The Balaban J connectivity index is 1.44. The molecule has 2 aromatic carbocycles. The van der Waals surface area contributed by atoms with Crippen LogP contribution in [0.2, 0.25) is 0 Å². The van der Waals surface area contributed by atoms with E-state index >= 15 is 0 Å². The number of anilines is 1. The minimum absolute atomic E-state index is 0.103. The Labute approximate surface area is 159 Å². The Hall–Kier alpha value is -2.93. The molecule has 0 spiro atoms. The highest BCUT2D eigenvalue weighted by Crippen LogP contribution is 2.32. The number of nitrogens with zero attached hydrogens (tertiary/aromatic N) is 6. The third-order valence-corrected chi connectivity index (χ3v) is 4.77. The van der Waals surface area contributed by atoms with Crippen molar-refractivity contribution in [2.75, 3.05) is 31.6 Å². The van der Waals surface area contributed by atoms with E-state index in [4.69, 9.17) is 4.74 Å². The van der Waals surface area contributed by atoms with Crippen LogP contribution in [0.1, 0.15) is 12.7 Å². The van der Waals surface area contributed by atoms with Crippen molar-refractivity contribution in [3.05, 3.63) is 60.4 Å². The quantitative estimate of drug-likeness (QED) is 0.669. The molecule has 0 fully saturated rings. The van der Waals surface area contributed by atoms with Gasteiger partial charge in [0, 0.05) is 13.1 Å². The zero-order valence-corrected chi connectivity index (χ0v) is 15.7. The normalized spacial score (nSPS) is 16.3. The van der Waals surface area contributed by atoms with Gasteiger partial charge in [-0.1, -0.05) is 30.3 Å². The fourth-order valence-electron chi connectivity index (χ4n) is 3.50. The summed E-state index contributed by atoms with van der Waals surface area (Å²) in [6.45, 7) is 5.47. The molecule has 4 rings (SSSR count). The van der Waals surface area contributed by atoms with Gasteiger partial charge < -0.3 is 9.64 Å². The van der Waals surface area contributed by atoms with Gasteiger partial charge in [0.1, 0.15) is 11.9 Å². The lowest BCUT2D eigenvalue weighted by molar-refractivity contribution is 0.138. The molecule has 3 aromatic rings. The van der Waals surface area contributed by atoms with E-state index < -0.39 is 0 Å². The van der Waals surface area contributed by atoms with Crippen molar-refractivity contribution in [3.63, 3.8) is 0 Å². The summed E-state index contributed by atoms with van der Waals surface area (Å²) >= 11 is 0. The van der Waals surface area contributed by atoms with Gasteiger partial charge in [-0.2, -0.15) is 4.68 Å². The summed E-state index contributed by atoms with van der Waals surface area (Å²) in [6, 6.07) is 18.2. The second-order valence-electron chi connectivity index (χ2n) is 6.79. The zero-order valence-electron chi connectivity index (χ0n) is 15.7. The van der Waals surface area contributed by atoms with Crippen LogP contribution in [0.5, 0.6) is 5.75 Å². The SMILES string of the molecule is CCN1C[C@@H](CN(C)Cc2nnnn2-c2ccccc2)Oc2ccccc21. The number of rotatable bonds is 6. The van der Waals surface area contributed by atoms with Crippen molar-refractivity contribution in [2.45, 2.75) is 19.6 Å². The zero-order chi connectivity index (χ0) is 18.6. The summed E-state index contributed by atoms with van der Waals surface area (Å²) < 4.78 is 8.01. The van der Waals surface area contributed by atoms with Gasteiger partial charge in [0.15, 0.2) is 5.82 Å². The molecule has 0 unspecified atom stereocenters. The first kappa shape index (κ1) is 17.5. The molecule has 0 amide bonds. The second-order valence-corrected chi connectivity index (χ2v) is 6.79. The molecule has 2 heterocycles. The predicted molar refractivity (Wildman–Crippen MR) is 104 cm³/mol. The molecule has 7 heteroatoms. The number of tetrazole rings is 1. The molecule has 1 aromatic heterocycles.